The van der Waals surface area contributed by atoms with Crippen molar-refractivity contribution in [3.05, 3.63) is 41.7 Å². The van der Waals surface area contributed by atoms with Crippen LogP contribution < -0.4 is 20.1 Å². The Balaban J connectivity index is 1.96. The van der Waals surface area contributed by atoms with Crippen LogP contribution in [-0.4, -0.2) is 18.8 Å². The second-order valence-electron chi connectivity index (χ2n) is 4.99. The number of rotatable bonds is 1. The van der Waals surface area contributed by atoms with Crippen molar-refractivity contribution in [3.8, 4) is 11.5 Å². The molecule has 0 amide bonds. The molecule has 2 aliphatic rings. The number of halogens is 4. The largest absolute Gasteiger partial charge is 0.507 e. The van der Waals surface area contributed by atoms with Crippen LogP contribution in [0.1, 0.15) is 6.92 Å². The van der Waals surface area contributed by atoms with Crippen LogP contribution in [-0.2, 0) is 0 Å². The summed E-state index contributed by atoms with van der Waals surface area (Å²) in [6, 6.07) is 3.57. The van der Waals surface area contributed by atoms with Gasteiger partial charge in [-0.3, -0.25) is 0 Å². The molecule has 1 aromatic rings. The van der Waals surface area contributed by atoms with Crippen LogP contribution in [0.5, 0.6) is 11.5 Å². The fourth-order valence-electron chi connectivity index (χ4n) is 2.14. The second-order valence-corrected chi connectivity index (χ2v) is 4.99. The number of benzene rings is 1. The third kappa shape index (κ3) is 2.24. The number of allylic oxidation sites excluding steroid dienone is 2. The molecule has 4 nitrogen and oxygen atoms in total. The van der Waals surface area contributed by atoms with E-state index >= 15 is 0 Å². The number of anilines is 1. The summed E-state index contributed by atoms with van der Waals surface area (Å²) in [5, 5.41) is 0. The smallest absolute Gasteiger partial charge is 0.421 e. The number of fused-ring (bicyclic) bond motifs is 1. The highest BCUT2D eigenvalue weighted by Crippen LogP contribution is 2.48. The van der Waals surface area contributed by atoms with E-state index in [1.165, 1.54) is 17.0 Å². The molecule has 0 N–H and O–H groups in total. The molecule has 0 spiro atoms. The Morgan fingerprint density at radius 3 is 2.36 bits per heavy atom. The van der Waals surface area contributed by atoms with Gasteiger partial charge in [-0.05, 0) is 25.1 Å². The zero-order chi connectivity index (χ0) is 16.1. The van der Waals surface area contributed by atoms with Crippen molar-refractivity contribution < 1.29 is 27.0 Å². The summed E-state index contributed by atoms with van der Waals surface area (Å²) in [5.74, 6) is -1.11. The van der Waals surface area contributed by atoms with E-state index in [0.717, 1.165) is 17.7 Å². The molecule has 0 atom stereocenters. The summed E-state index contributed by atoms with van der Waals surface area (Å²) in [6.45, 7) is 2.15. The van der Waals surface area contributed by atoms with E-state index in [1.807, 2.05) is 6.92 Å². The maximum absolute atomic E-state index is 13.2. The Morgan fingerprint density at radius 2 is 1.68 bits per heavy atom. The molecule has 2 radical (unpaired) electrons. The molecule has 0 saturated carbocycles. The summed E-state index contributed by atoms with van der Waals surface area (Å²) in [4.78, 5) is 1.42. The Hall–Kier alpha value is -2.38. The molecule has 3 rings (SSSR count). The van der Waals surface area contributed by atoms with E-state index in [1.54, 1.807) is 6.08 Å². The van der Waals surface area contributed by atoms with Crippen LogP contribution in [0.4, 0.5) is 23.2 Å². The van der Waals surface area contributed by atoms with Gasteiger partial charge in [-0.1, -0.05) is 11.6 Å². The van der Waals surface area contributed by atoms with E-state index in [4.69, 9.17) is 0 Å². The third-order valence-electron chi connectivity index (χ3n) is 3.26. The van der Waals surface area contributed by atoms with Crippen molar-refractivity contribution in [2.45, 2.75) is 19.1 Å². The minimum atomic E-state index is -4.77. The molecule has 0 unspecified atom stereocenters. The first-order chi connectivity index (χ1) is 10.2. The SMILES string of the molecule is CC1=CC=C([N])N(c2ccc3c(c2)OC(F)(F)C(F)(F)O3)C1. The van der Waals surface area contributed by atoms with Crippen molar-refractivity contribution in [2.75, 3.05) is 11.4 Å². The van der Waals surface area contributed by atoms with Gasteiger partial charge in [0.2, 0.25) is 0 Å². The van der Waals surface area contributed by atoms with Crippen molar-refractivity contribution in [1.82, 2.24) is 5.73 Å². The summed E-state index contributed by atoms with van der Waals surface area (Å²) in [6.07, 6.45) is -6.36. The molecule has 0 aromatic heterocycles. The zero-order valence-corrected chi connectivity index (χ0v) is 11.3. The highest BCUT2D eigenvalue weighted by molar-refractivity contribution is 5.61. The van der Waals surface area contributed by atoms with Gasteiger partial charge in [-0.2, -0.15) is 17.6 Å². The average Bonchev–Trinajstić information content (AvgIpc) is 2.42. The van der Waals surface area contributed by atoms with Crippen LogP contribution in [0, 0.1) is 0 Å². The number of ether oxygens (including phenoxy) is 2. The van der Waals surface area contributed by atoms with Gasteiger partial charge in [0.1, 0.15) is 0 Å². The fourth-order valence-corrected chi connectivity index (χ4v) is 2.14. The lowest BCUT2D eigenvalue weighted by Gasteiger charge is -2.33. The van der Waals surface area contributed by atoms with Crippen molar-refractivity contribution in [1.29, 1.82) is 0 Å². The lowest BCUT2D eigenvalue weighted by Crippen LogP contribution is -2.52. The Kier molecular flexibility index (Phi) is 3.01. The van der Waals surface area contributed by atoms with E-state index in [-0.39, 0.29) is 5.82 Å². The fraction of sp³-hybridized carbons (Fsp3) is 0.286. The minimum absolute atomic E-state index is 0.0978. The van der Waals surface area contributed by atoms with Crippen LogP contribution >= 0.6 is 0 Å². The summed E-state index contributed by atoms with van der Waals surface area (Å²) in [5.41, 5.74) is 11.1. The molecule has 0 bridgehead atoms. The number of alkyl halides is 4. The van der Waals surface area contributed by atoms with Gasteiger partial charge in [-0.25, -0.2) is 0 Å². The lowest BCUT2D eigenvalue weighted by atomic mass is 10.1. The van der Waals surface area contributed by atoms with E-state index < -0.39 is 23.7 Å². The maximum Gasteiger partial charge on any atom is 0.507 e. The molecule has 0 fully saturated rings. The Morgan fingerprint density at radius 1 is 1.05 bits per heavy atom. The van der Waals surface area contributed by atoms with Crippen LogP contribution in [0.15, 0.2) is 41.7 Å². The van der Waals surface area contributed by atoms with Crippen molar-refractivity contribution >= 4 is 5.69 Å². The maximum atomic E-state index is 13.2. The molecule has 0 aliphatic carbocycles. The predicted octanol–water partition coefficient (Wildman–Crippen LogP) is 3.32. The van der Waals surface area contributed by atoms with Gasteiger partial charge in [-0.15, -0.1) is 5.73 Å². The Bertz CT molecular complexity index is 685. The molecular weight excluding hydrogens is 304 g/mol. The molecule has 22 heavy (non-hydrogen) atoms. The quantitative estimate of drug-likeness (QED) is 0.747. The molecule has 116 valence electrons. The van der Waals surface area contributed by atoms with Crippen molar-refractivity contribution in [2.24, 2.45) is 0 Å². The first-order valence-electron chi connectivity index (χ1n) is 6.31. The van der Waals surface area contributed by atoms with Gasteiger partial charge >= 0.3 is 12.2 Å². The van der Waals surface area contributed by atoms with E-state index in [0.29, 0.717) is 12.2 Å². The summed E-state index contributed by atoms with van der Waals surface area (Å²) in [7, 11) is 0. The summed E-state index contributed by atoms with van der Waals surface area (Å²) >= 11 is 0. The summed E-state index contributed by atoms with van der Waals surface area (Å²) < 4.78 is 60.6. The zero-order valence-electron chi connectivity index (χ0n) is 11.3. The molecule has 1 aromatic carbocycles. The Labute approximate surface area is 123 Å². The van der Waals surface area contributed by atoms with Crippen LogP contribution in [0.3, 0.4) is 0 Å². The second kappa shape index (κ2) is 4.56. The first kappa shape index (κ1) is 14.6. The van der Waals surface area contributed by atoms with Gasteiger partial charge in [0.25, 0.3) is 0 Å². The van der Waals surface area contributed by atoms with Gasteiger partial charge in [0.15, 0.2) is 17.3 Å². The number of hydrogen-bond acceptors (Lipinski definition) is 3. The topological polar surface area (TPSA) is 44.0 Å². The predicted molar refractivity (Wildman–Crippen MR) is 68.9 cm³/mol. The first-order valence-corrected chi connectivity index (χ1v) is 6.31. The number of hydrogen-bond donors (Lipinski definition) is 0. The van der Waals surface area contributed by atoms with Crippen LogP contribution in [0.2, 0.25) is 0 Å². The van der Waals surface area contributed by atoms with Crippen molar-refractivity contribution in [3.63, 3.8) is 0 Å². The standard InChI is InChI=1S/C14H10F4N2O2/c1-8-2-5-12(19)20(7-8)9-3-4-10-11(6-9)22-14(17,18)13(15,16)21-10/h2-6H,7H2,1H3. The highest BCUT2D eigenvalue weighted by atomic mass is 19.3. The lowest BCUT2D eigenvalue weighted by molar-refractivity contribution is -0.391. The normalized spacial score (nSPS) is 22.0. The molecular formula is C14H10F4N2O2. The molecule has 2 heterocycles. The molecule has 2 aliphatic heterocycles. The monoisotopic (exact) mass is 314 g/mol. The highest BCUT2D eigenvalue weighted by Gasteiger charge is 2.65. The van der Waals surface area contributed by atoms with E-state index in [2.05, 4.69) is 9.47 Å². The van der Waals surface area contributed by atoms with Gasteiger partial charge in [0, 0.05) is 18.3 Å². The molecule has 0 saturated heterocycles. The van der Waals surface area contributed by atoms with Gasteiger partial charge < -0.3 is 14.4 Å². The molecule has 8 heteroatoms. The average molecular weight is 314 g/mol. The van der Waals surface area contributed by atoms with E-state index in [9.17, 15) is 23.3 Å². The third-order valence-corrected chi connectivity index (χ3v) is 3.26. The van der Waals surface area contributed by atoms with Gasteiger partial charge in [0.05, 0.1) is 0 Å². The van der Waals surface area contributed by atoms with Crippen LogP contribution in [0.25, 0.3) is 0 Å². The minimum Gasteiger partial charge on any atom is -0.421 e. The number of nitrogens with zero attached hydrogens (tertiary/aromatic N) is 2.